The summed E-state index contributed by atoms with van der Waals surface area (Å²) in [5, 5.41) is 2.88. The van der Waals surface area contributed by atoms with Crippen molar-refractivity contribution in [1.29, 1.82) is 0 Å². The number of amides is 1. The van der Waals surface area contributed by atoms with Gasteiger partial charge in [-0.2, -0.15) is 0 Å². The van der Waals surface area contributed by atoms with Crippen LogP contribution in [0.1, 0.15) is 21.5 Å². The topological polar surface area (TPSA) is 61.4 Å². The van der Waals surface area contributed by atoms with Crippen LogP contribution >= 0.6 is 0 Å². The van der Waals surface area contributed by atoms with E-state index in [1.54, 1.807) is 12.4 Å². The average molecular weight is 387 g/mol. The summed E-state index contributed by atoms with van der Waals surface area (Å²) in [7, 11) is 0. The number of para-hydroxylation sites is 1. The molecule has 1 aliphatic heterocycles. The molecule has 2 aromatic carbocycles. The largest absolute Gasteiger partial charge is 0.368 e. The Kier molecular flexibility index (Phi) is 5.42. The second kappa shape index (κ2) is 8.31. The van der Waals surface area contributed by atoms with E-state index in [1.165, 1.54) is 5.69 Å². The standard InChI is InChI=1S/C23H25N5O/c1-17-12-18(2)14-19(13-17)22(29)26-20-15-24-23(25-16-20)28-10-8-27(9-11-28)21-6-4-3-5-7-21/h3-7,12-16H,8-11H2,1-2H3,(H,26,29). The highest BCUT2D eigenvalue weighted by molar-refractivity contribution is 6.04. The number of hydrogen-bond acceptors (Lipinski definition) is 5. The first-order valence-electron chi connectivity index (χ1n) is 9.85. The summed E-state index contributed by atoms with van der Waals surface area (Å²) in [4.78, 5) is 26.0. The van der Waals surface area contributed by atoms with Gasteiger partial charge in [-0.3, -0.25) is 4.79 Å². The zero-order valence-corrected chi connectivity index (χ0v) is 16.8. The van der Waals surface area contributed by atoms with Crippen LogP contribution in [0.2, 0.25) is 0 Å². The average Bonchev–Trinajstić information content (AvgIpc) is 2.74. The molecule has 148 valence electrons. The minimum atomic E-state index is -0.148. The third-order valence-electron chi connectivity index (χ3n) is 5.06. The van der Waals surface area contributed by atoms with E-state index in [4.69, 9.17) is 0 Å². The highest BCUT2D eigenvalue weighted by Crippen LogP contribution is 2.19. The van der Waals surface area contributed by atoms with Gasteiger partial charge < -0.3 is 15.1 Å². The molecule has 3 aromatic rings. The smallest absolute Gasteiger partial charge is 0.255 e. The summed E-state index contributed by atoms with van der Waals surface area (Å²) in [5.74, 6) is 0.548. The highest BCUT2D eigenvalue weighted by Gasteiger charge is 2.19. The Morgan fingerprint density at radius 3 is 2.07 bits per heavy atom. The second-order valence-electron chi connectivity index (χ2n) is 7.41. The molecular weight excluding hydrogens is 362 g/mol. The van der Waals surface area contributed by atoms with Gasteiger partial charge in [-0.1, -0.05) is 35.4 Å². The normalized spacial score (nSPS) is 14.0. The van der Waals surface area contributed by atoms with Crippen molar-refractivity contribution in [3.8, 4) is 0 Å². The molecular formula is C23H25N5O. The van der Waals surface area contributed by atoms with Crippen molar-refractivity contribution in [2.24, 2.45) is 0 Å². The van der Waals surface area contributed by atoms with Gasteiger partial charge in [-0.05, 0) is 38.1 Å². The van der Waals surface area contributed by atoms with Crippen LogP contribution in [0.4, 0.5) is 17.3 Å². The molecule has 0 saturated carbocycles. The lowest BCUT2D eigenvalue weighted by Crippen LogP contribution is -2.47. The number of piperazine rings is 1. The third-order valence-corrected chi connectivity index (χ3v) is 5.06. The molecule has 1 aliphatic rings. The molecule has 6 nitrogen and oxygen atoms in total. The Hall–Kier alpha value is -3.41. The number of nitrogens with one attached hydrogen (secondary N) is 1. The monoisotopic (exact) mass is 387 g/mol. The Morgan fingerprint density at radius 1 is 0.862 bits per heavy atom. The van der Waals surface area contributed by atoms with E-state index in [9.17, 15) is 4.79 Å². The summed E-state index contributed by atoms with van der Waals surface area (Å²) in [5.41, 5.74) is 4.62. The molecule has 4 rings (SSSR count). The maximum atomic E-state index is 12.5. The fraction of sp³-hybridized carbons (Fsp3) is 0.261. The van der Waals surface area contributed by atoms with E-state index in [2.05, 4.69) is 49.4 Å². The van der Waals surface area contributed by atoms with Gasteiger partial charge in [0.1, 0.15) is 0 Å². The van der Waals surface area contributed by atoms with Crippen LogP contribution in [0.25, 0.3) is 0 Å². The zero-order valence-electron chi connectivity index (χ0n) is 16.8. The van der Waals surface area contributed by atoms with Gasteiger partial charge in [0.2, 0.25) is 5.95 Å². The molecule has 0 unspecified atom stereocenters. The van der Waals surface area contributed by atoms with Crippen LogP contribution < -0.4 is 15.1 Å². The minimum absolute atomic E-state index is 0.148. The molecule has 1 N–H and O–H groups in total. The Bertz CT molecular complexity index is 960. The quantitative estimate of drug-likeness (QED) is 0.740. The minimum Gasteiger partial charge on any atom is -0.368 e. The van der Waals surface area contributed by atoms with Crippen molar-refractivity contribution in [3.05, 3.63) is 77.6 Å². The molecule has 29 heavy (non-hydrogen) atoms. The molecule has 1 fully saturated rings. The number of hydrogen-bond donors (Lipinski definition) is 1. The fourth-order valence-corrected chi connectivity index (χ4v) is 3.66. The summed E-state index contributed by atoms with van der Waals surface area (Å²) in [6.07, 6.45) is 3.35. The lowest BCUT2D eigenvalue weighted by Gasteiger charge is -2.36. The number of aromatic nitrogens is 2. The van der Waals surface area contributed by atoms with Gasteiger partial charge in [0.15, 0.2) is 0 Å². The lowest BCUT2D eigenvalue weighted by molar-refractivity contribution is 0.102. The van der Waals surface area contributed by atoms with E-state index >= 15 is 0 Å². The third kappa shape index (κ3) is 4.54. The van der Waals surface area contributed by atoms with Crippen LogP contribution in [0.15, 0.2) is 60.9 Å². The lowest BCUT2D eigenvalue weighted by atomic mass is 10.1. The zero-order chi connectivity index (χ0) is 20.2. The summed E-state index contributed by atoms with van der Waals surface area (Å²) in [6, 6.07) is 16.2. The Balaban J connectivity index is 1.36. The van der Waals surface area contributed by atoms with Gasteiger partial charge in [0.25, 0.3) is 5.91 Å². The maximum absolute atomic E-state index is 12.5. The van der Waals surface area contributed by atoms with Gasteiger partial charge in [-0.15, -0.1) is 0 Å². The molecule has 1 amide bonds. The first-order chi connectivity index (χ1) is 14.1. The predicted octanol–water partition coefficient (Wildman–Crippen LogP) is 3.67. The van der Waals surface area contributed by atoms with Crippen molar-refractivity contribution in [2.75, 3.05) is 41.3 Å². The summed E-state index contributed by atoms with van der Waals surface area (Å²) in [6.45, 7) is 7.56. The van der Waals surface area contributed by atoms with Crippen LogP contribution in [-0.4, -0.2) is 42.1 Å². The van der Waals surface area contributed by atoms with E-state index in [0.29, 0.717) is 17.2 Å². The Morgan fingerprint density at radius 2 is 1.45 bits per heavy atom. The second-order valence-corrected chi connectivity index (χ2v) is 7.41. The SMILES string of the molecule is Cc1cc(C)cc(C(=O)Nc2cnc(N3CCN(c4ccccc4)CC3)nc2)c1. The molecule has 1 saturated heterocycles. The van der Waals surface area contributed by atoms with Crippen LogP contribution in [0.3, 0.4) is 0 Å². The van der Waals surface area contributed by atoms with Crippen molar-refractivity contribution in [3.63, 3.8) is 0 Å². The van der Waals surface area contributed by atoms with Crippen molar-refractivity contribution in [1.82, 2.24) is 9.97 Å². The van der Waals surface area contributed by atoms with Gasteiger partial charge in [0, 0.05) is 37.4 Å². The number of aryl methyl sites for hydroxylation is 2. The summed E-state index contributed by atoms with van der Waals surface area (Å²) < 4.78 is 0. The Labute approximate surface area is 171 Å². The van der Waals surface area contributed by atoms with Gasteiger partial charge >= 0.3 is 0 Å². The first kappa shape index (κ1) is 18.9. The molecule has 0 spiro atoms. The molecule has 6 heteroatoms. The molecule has 0 bridgehead atoms. The highest BCUT2D eigenvalue weighted by atomic mass is 16.1. The van der Waals surface area contributed by atoms with Gasteiger partial charge in [-0.25, -0.2) is 9.97 Å². The predicted molar refractivity (Wildman–Crippen MR) is 117 cm³/mol. The van der Waals surface area contributed by atoms with E-state index in [-0.39, 0.29) is 5.91 Å². The molecule has 0 atom stereocenters. The number of rotatable bonds is 4. The number of nitrogens with zero attached hydrogens (tertiary/aromatic N) is 4. The van der Waals surface area contributed by atoms with Crippen LogP contribution in [-0.2, 0) is 0 Å². The number of anilines is 3. The molecule has 0 aliphatic carbocycles. The van der Waals surface area contributed by atoms with E-state index in [1.807, 2.05) is 38.1 Å². The molecule has 2 heterocycles. The number of carbonyl (C=O) groups is 1. The van der Waals surface area contributed by atoms with E-state index in [0.717, 1.165) is 37.3 Å². The van der Waals surface area contributed by atoms with Crippen molar-refractivity contribution in [2.45, 2.75) is 13.8 Å². The van der Waals surface area contributed by atoms with E-state index < -0.39 is 0 Å². The first-order valence-corrected chi connectivity index (χ1v) is 9.85. The maximum Gasteiger partial charge on any atom is 0.255 e. The number of carbonyl (C=O) groups excluding carboxylic acids is 1. The number of benzene rings is 2. The summed E-state index contributed by atoms with van der Waals surface area (Å²) >= 11 is 0. The van der Waals surface area contributed by atoms with Crippen molar-refractivity contribution >= 4 is 23.2 Å². The van der Waals surface area contributed by atoms with Crippen LogP contribution in [0, 0.1) is 13.8 Å². The van der Waals surface area contributed by atoms with Gasteiger partial charge in [0.05, 0.1) is 18.1 Å². The molecule has 1 aromatic heterocycles. The van der Waals surface area contributed by atoms with Crippen molar-refractivity contribution < 1.29 is 4.79 Å². The fourth-order valence-electron chi connectivity index (χ4n) is 3.66. The molecule has 0 radical (unpaired) electrons. The van der Waals surface area contributed by atoms with Crippen LogP contribution in [0.5, 0.6) is 0 Å².